The van der Waals surface area contributed by atoms with Crippen molar-refractivity contribution in [2.24, 2.45) is 0 Å². The van der Waals surface area contributed by atoms with Gasteiger partial charge in [0.25, 0.3) is 0 Å². The zero-order valence-corrected chi connectivity index (χ0v) is 32.0. The van der Waals surface area contributed by atoms with Crippen LogP contribution in [0.3, 0.4) is 0 Å². The third-order valence-corrected chi connectivity index (χ3v) is 10.9. The van der Waals surface area contributed by atoms with E-state index in [2.05, 4.69) is 98.4 Å². The number of H-pyrrole nitrogens is 2. The molecule has 0 amide bonds. The second-order valence-corrected chi connectivity index (χ2v) is 15.1. The topological polar surface area (TPSA) is 57.4 Å². The largest absolute Gasteiger partial charge is 0.355 e. The Bertz CT molecular complexity index is 1570. The van der Waals surface area contributed by atoms with Crippen molar-refractivity contribution < 1.29 is 0 Å². The summed E-state index contributed by atoms with van der Waals surface area (Å²) in [5.74, 6) is 0.975. The third-order valence-electron chi connectivity index (χ3n) is 10.9. The fourth-order valence-corrected chi connectivity index (χ4v) is 8.11. The zero-order valence-electron chi connectivity index (χ0n) is 32.0. The Kier molecular flexibility index (Phi) is 15.5. The van der Waals surface area contributed by atoms with Gasteiger partial charge < -0.3 is 9.97 Å². The number of aromatic nitrogens is 4. The summed E-state index contributed by atoms with van der Waals surface area (Å²) in [5, 5.41) is 0. The molecule has 0 saturated carbocycles. The van der Waals surface area contributed by atoms with E-state index < -0.39 is 0 Å². The molecular weight excluding hydrogens is 609 g/mol. The van der Waals surface area contributed by atoms with Crippen LogP contribution in [0.5, 0.6) is 0 Å². The van der Waals surface area contributed by atoms with Crippen LogP contribution in [0.15, 0.2) is 36.4 Å². The van der Waals surface area contributed by atoms with Crippen molar-refractivity contribution in [3.8, 4) is 0 Å². The van der Waals surface area contributed by atoms with E-state index in [4.69, 9.17) is 9.97 Å². The fourth-order valence-electron chi connectivity index (χ4n) is 8.11. The molecule has 5 heterocycles. The van der Waals surface area contributed by atoms with Gasteiger partial charge in [-0.05, 0) is 98.2 Å². The SMILES string of the molecule is CCCCCCC(CCCCCC)c1c2nc(cc3ccc([nH]3)c(C(CCCCCC)CCCCCC)c3ccc(cc4nc1C=C4)[nH]3)C=C2. The first kappa shape index (κ1) is 37.8. The molecule has 0 spiro atoms. The van der Waals surface area contributed by atoms with Crippen LogP contribution in [0.1, 0.15) is 202 Å². The van der Waals surface area contributed by atoms with E-state index in [0.717, 1.165) is 33.8 Å². The van der Waals surface area contributed by atoms with Gasteiger partial charge in [-0.2, -0.15) is 0 Å². The summed E-state index contributed by atoms with van der Waals surface area (Å²) in [6.07, 6.45) is 34.5. The van der Waals surface area contributed by atoms with E-state index in [0.29, 0.717) is 11.8 Å². The molecule has 0 saturated heterocycles. The maximum Gasteiger partial charge on any atom is 0.0694 e. The van der Waals surface area contributed by atoms with Crippen molar-refractivity contribution in [3.63, 3.8) is 0 Å². The Hall–Kier alpha value is -3.40. The highest BCUT2D eigenvalue weighted by molar-refractivity contribution is 5.81. The fraction of sp³-hybridized carbons (Fsp3) is 0.565. The zero-order chi connectivity index (χ0) is 35.0. The van der Waals surface area contributed by atoms with Crippen molar-refractivity contribution in [2.45, 2.75) is 168 Å². The summed E-state index contributed by atoms with van der Waals surface area (Å²) in [6, 6.07) is 13.6. The average Bonchev–Trinajstić information content (AvgIpc) is 3.95. The van der Waals surface area contributed by atoms with Crippen LogP contribution >= 0.6 is 0 Å². The summed E-state index contributed by atoms with van der Waals surface area (Å²) < 4.78 is 0. The number of nitrogens with zero attached hydrogens (tertiary/aromatic N) is 2. The van der Waals surface area contributed by atoms with Gasteiger partial charge in [0, 0.05) is 33.2 Å². The lowest BCUT2D eigenvalue weighted by atomic mass is 9.86. The van der Waals surface area contributed by atoms with Gasteiger partial charge in [-0.1, -0.05) is 130 Å². The van der Waals surface area contributed by atoms with Crippen LogP contribution in [0.25, 0.3) is 46.4 Å². The van der Waals surface area contributed by atoms with E-state index in [9.17, 15) is 0 Å². The standard InChI is InChI=1S/C46H66N4/c1-5-9-13-17-21-35(22-18-14-10-6-2)45-41-29-25-37(47-41)33-39-27-31-43(49-39)46(36(23-19-15-11-7-3)24-20-16-12-8-4)44-32-28-40(50-44)34-38-26-30-42(45)48-38/h25-36,47-48H,5-24H2,1-4H3. The molecule has 50 heavy (non-hydrogen) atoms. The normalized spacial score (nSPS) is 12.6. The van der Waals surface area contributed by atoms with E-state index in [1.165, 1.54) is 151 Å². The van der Waals surface area contributed by atoms with Crippen molar-refractivity contribution >= 4 is 46.4 Å². The molecule has 2 aliphatic rings. The molecule has 4 heteroatoms. The van der Waals surface area contributed by atoms with E-state index in [-0.39, 0.29) is 0 Å². The minimum absolute atomic E-state index is 0.464. The highest BCUT2D eigenvalue weighted by Gasteiger charge is 2.22. The first-order chi connectivity index (χ1) is 24.6. The van der Waals surface area contributed by atoms with E-state index in [1.807, 2.05) is 0 Å². The molecular formula is C46H66N4. The van der Waals surface area contributed by atoms with Gasteiger partial charge in [0.15, 0.2) is 0 Å². The quantitative estimate of drug-likeness (QED) is 0.0718. The number of fused-ring (bicyclic) bond motifs is 8. The lowest BCUT2D eigenvalue weighted by Crippen LogP contribution is -2.05. The minimum Gasteiger partial charge on any atom is -0.355 e. The second kappa shape index (κ2) is 20.4. The van der Waals surface area contributed by atoms with Crippen LogP contribution in [0, 0.1) is 0 Å². The molecule has 0 aromatic carbocycles. The van der Waals surface area contributed by atoms with Crippen molar-refractivity contribution in [3.05, 3.63) is 70.3 Å². The molecule has 0 atom stereocenters. The van der Waals surface area contributed by atoms with Gasteiger partial charge >= 0.3 is 0 Å². The number of aromatic amines is 2. The monoisotopic (exact) mass is 675 g/mol. The summed E-state index contributed by atoms with van der Waals surface area (Å²) >= 11 is 0. The molecule has 0 fully saturated rings. The minimum atomic E-state index is 0.464. The number of nitrogens with one attached hydrogen (secondary N) is 2. The van der Waals surface area contributed by atoms with E-state index in [1.54, 1.807) is 0 Å². The summed E-state index contributed by atoms with van der Waals surface area (Å²) in [5.41, 5.74) is 11.7. The number of rotatable bonds is 22. The van der Waals surface area contributed by atoms with Crippen molar-refractivity contribution in [2.75, 3.05) is 0 Å². The molecule has 8 bridgehead atoms. The summed E-state index contributed by atoms with van der Waals surface area (Å²) in [7, 11) is 0. The highest BCUT2D eigenvalue weighted by Crippen LogP contribution is 2.37. The first-order valence-electron chi connectivity index (χ1n) is 20.7. The average molecular weight is 675 g/mol. The third kappa shape index (κ3) is 10.8. The maximum absolute atomic E-state index is 5.30. The Morgan fingerprint density at radius 3 is 1.20 bits per heavy atom. The van der Waals surface area contributed by atoms with Crippen LogP contribution in [-0.2, 0) is 0 Å². The molecule has 270 valence electrons. The molecule has 3 aromatic heterocycles. The maximum atomic E-state index is 5.30. The molecule has 5 rings (SSSR count). The Morgan fingerprint density at radius 2 is 0.820 bits per heavy atom. The molecule has 3 aromatic rings. The molecule has 0 aliphatic carbocycles. The lowest BCUT2D eigenvalue weighted by Gasteiger charge is -2.19. The highest BCUT2D eigenvalue weighted by atomic mass is 14.8. The van der Waals surface area contributed by atoms with Gasteiger partial charge in [0.05, 0.1) is 22.8 Å². The molecule has 4 nitrogen and oxygen atoms in total. The van der Waals surface area contributed by atoms with Crippen LogP contribution in [-0.4, -0.2) is 19.9 Å². The van der Waals surface area contributed by atoms with Crippen molar-refractivity contribution in [1.29, 1.82) is 0 Å². The Balaban J connectivity index is 1.63. The van der Waals surface area contributed by atoms with Gasteiger partial charge in [-0.15, -0.1) is 0 Å². The Morgan fingerprint density at radius 1 is 0.440 bits per heavy atom. The van der Waals surface area contributed by atoms with E-state index >= 15 is 0 Å². The van der Waals surface area contributed by atoms with Crippen molar-refractivity contribution in [1.82, 2.24) is 19.9 Å². The molecule has 2 N–H and O–H groups in total. The van der Waals surface area contributed by atoms with Gasteiger partial charge in [-0.25, -0.2) is 9.97 Å². The van der Waals surface area contributed by atoms with Crippen LogP contribution in [0.2, 0.25) is 0 Å². The molecule has 2 aliphatic heterocycles. The smallest absolute Gasteiger partial charge is 0.0694 e. The number of hydrogen-bond acceptors (Lipinski definition) is 2. The predicted molar refractivity (Wildman–Crippen MR) is 219 cm³/mol. The van der Waals surface area contributed by atoms with Gasteiger partial charge in [-0.3, -0.25) is 0 Å². The molecule has 0 unspecified atom stereocenters. The second-order valence-electron chi connectivity index (χ2n) is 15.1. The number of hydrogen-bond donors (Lipinski definition) is 2. The summed E-state index contributed by atoms with van der Waals surface area (Å²) in [4.78, 5) is 18.3. The van der Waals surface area contributed by atoms with Gasteiger partial charge in [0.1, 0.15) is 0 Å². The Labute approximate surface area is 303 Å². The summed E-state index contributed by atoms with van der Waals surface area (Å²) in [6.45, 7) is 9.22. The first-order valence-corrected chi connectivity index (χ1v) is 20.7. The van der Waals surface area contributed by atoms with Gasteiger partial charge in [0.2, 0.25) is 0 Å². The van der Waals surface area contributed by atoms with Crippen LogP contribution < -0.4 is 0 Å². The molecule has 0 radical (unpaired) electrons. The predicted octanol–water partition coefficient (Wildman–Crippen LogP) is 14.7. The lowest BCUT2D eigenvalue weighted by molar-refractivity contribution is 0.494. The number of unbranched alkanes of at least 4 members (excludes halogenated alkanes) is 12. The van der Waals surface area contributed by atoms with Crippen LogP contribution in [0.4, 0.5) is 0 Å².